The van der Waals surface area contributed by atoms with Crippen LogP contribution in [0.5, 0.6) is 0 Å². The second-order valence-corrected chi connectivity index (χ2v) is 5.36. The average molecular weight is 196 g/mol. The summed E-state index contributed by atoms with van der Waals surface area (Å²) < 4.78 is 0. The zero-order valence-electron chi connectivity index (χ0n) is 9.87. The molecule has 14 heavy (non-hydrogen) atoms. The highest BCUT2D eigenvalue weighted by Crippen LogP contribution is 2.37. The molecule has 0 aromatic heterocycles. The SMILES string of the molecule is CC[C@H]1CN2CCC1CC2CN(C)C. The van der Waals surface area contributed by atoms with Crippen LogP contribution in [0.4, 0.5) is 0 Å². The van der Waals surface area contributed by atoms with Crippen LogP contribution < -0.4 is 0 Å². The van der Waals surface area contributed by atoms with Crippen LogP contribution in [-0.4, -0.2) is 49.6 Å². The van der Waals surface area contributed by atoms with E-state index in [9.17, 15) is 0 Å². The number of fused-ring (bicyclic) bond motifs is 3. The third-order valence-electron chi connectivity index (χ3n) is 4.11. The summed E-state index contributed by atoms with van der Waals surface area (Å²) in [5, 5.41) is 0. The van der Waals surface area contributed by atoms with Gasteiger partial charge in [0, 0.05) is 19.1 Å². The minimum atomic E-state index is 0.853. The second kappa shape index (κ2) is 4.19. The van der Waals surface area contributed by atoms with Crippen molar-refractivity contribution in [3.05, 3.63) is 0 Å². The van der Waals surface area contributed by atoms with Crippen LogP contribution in [0.1, 0.15) is 26.2 Å². The smallest absolute Gasteiger partial charge is 0.0225 e. The predicted molar refractivity (Wildman–Crippen MR) is 60.4 cm³/mol. The normalized spacial score (nSPS) is 42.0. The van der Waals surface area contributed by atoms with Gasteiger partial charge >= 0.3 is 0 Å². The number of hydrogen-bond acceptors (Lipinski definition) is 2. The third-order valence-corrected chi connectivity index (χ3v) is 4.11. The number of piperidine rings is 3. The summed E-state index contributed by atoms with van der Waals surface area (Å²) in [5.74, 6) is 2.04. The summed E-state index contributed by atoms with van der Waals surface area (Å²) in [4.78, 5) is 5.07. The highest BCUT2D eigenvalue weighted by molar-refractivity contribution is 4.92. The molecule has 2 heteroatoms. The monoisotopic (exact) mass is 196 g/mol. The van der Waals surface area contributed by atoms with Crippen molar-refractivity contribution in [3.8, 4) is 0 Å². The summed E-state index contributed by atoms with van der Waals surface area (Å²) in [7, 11) is 4.39. The van der Waals surface area contributed by atoms with Crippen LogP contribution in [0.2, 0.25) is 0 Å². The van der Waals surface area contributed by atoms with E-state index in [0.29, 0.717) is 0 Å². The van der Waals surface area contributed by atoms with Gasteiger partial charge in [0.05, 0.1) is 0 Å². The third kappa shape index (κ3) is 1.96. The lowest BCUT2D eigenvalue weighted by Gasteiger charge is -2.50. The maximum atomic E-state index is 2.73. The van der Waals surface area contributed by atoms with E-state index in [1.165, 1.54) is 38.9 Å². The molecule has 0 saturated carbocycles. The Morgan fingerprint density at radius 2 is 2.14 bits per heavy atom. The summed E-state index contributed by atoms with van der Waals surface area (Å²) >= 11 is 0. The predicted octanol–water partition coefficient (Wildman–Crippen LogP) is 1.67. The van der Waals surface area contributed by atoms with Crippen molar-refractivity contribution in [2.45, 2.75) is 32.2 Å². The van der Waals surface area contributed by atoms with E-state index in [-0.39, 0.29) is 0 Å². The molecule has 0 amide bonds. The van der Waals surface area contributed by atoms with Crippen LogP contribution in [0.3, 0.4) is 0 Å². The summed E-state index contributed by atoms with van der Waals surface area (Å²) in [6.07, 6.45) is 4.30. The molecular formula is C12H24N2. The molecule has 2 nitrogen and oxygen atoms in total. The summed E-state index contributed by atoms with van der Waals surface area (Å²) in [6.45, 7) is 6.35. The molecule has 3 unspecified atom stereocenters. The molecule has 0 aromatic carbocycles. The molecule has 0 N–H and O–H groups in total. The Labute approximate surface area is 88.3 Å². The standard InChI is InChI=1S/C12H24N2/c1-4-10-8-14-6-5-11(10)7-12(14)9-13(2)3/h10-12H,4-9H2,1-3H3/t10-,11?,12?/m0/s1. The van der Waals surface area contributed by atoms with E-state index in [0.717, 1.165) is 17.9 Å². The van der Waals surface area contributed by atoms with Gasteiger partial charge in [0.15, 0.2) is 0 Å². The molecular weight excluding hydrogens is 172 g/mol. The van der Waals surface area contributed by atoms with E-state index >= 15 is 0 Å². The zero-order chi connectivity index (χ0) is 10.1. The van der Waals surface area contributed by atoms with Crippen LogP contribution in [-0.2, 0) is 0 Å². The molecule has 3 heterocycles. The topological polar surface area (TPSA) is 6.48 Å². The number of rotatable bonds is 3. The van der Waals surface area contributed by atoms with Gasteiger partial charge in [0.25, 0.3) is 0 Å². The van der Waals surface area contributed by atoms with Gasteiger partial charge in [-0.25, -0.2) is 0 Å². The Bertz CT molecular complexity index is 191. The fourth-order valence-corrected chi connectivity index (χ4v) is 3.32. The highest BCUT2D eigenvalue weighted by atomic mass is 15.2. The Morgan fingerprint density at radius 1 is 1.36 bits per heavy atom. The molecule has 4 atom stereocenters. The van der Waals surface area contributed by atoms with Crippen molar-refractivity contribution < 1.29 is 0 Å². The maximum Gasteiger partial charge on any atom is 0.0225 e. The van der Waals surface area contributed by atoms with E-state index in [2.05, 4.69) is 30.8 Å². The first-order chi connectivity index (χ1) is 6.70. The molecule has 0 aromatic rings. The van der Waals surface area contributed by atoms with Gasteiger partial charge in [0.2, 0.25) is 0 Å². The van der Waals surface area contributed by atoms with Gasteiger partial charge in [-0.1, -0.05) is 13.3 Å². The largest absolute Gasteiger partial charge is 0.308 e. The molecule has 0 aliphatic carbocycles. The average Bonchev–Trinajstić information content (AvgIpc) is 2.17. The lowest BCUT2D eigenvalue weighted by Crippen LogP contribution is -2.56. The van der Waals surface area contributed by atoms with Crippen LogP contribution >= 0.6 is 0 Å². The Morgan fingerprint density at radius 3 is 2.64 bits per heavy atom. The van der Waals surface area contributed by atoms with Crippen molar-refractivity contribution in [3.63, 3.8) is 0 Å². The summed E-state index contributed by atoms with van der Waals surface area (Å²) in [5.41, 5.74) is 0. The van der Waals surface area contributed by atoms with Gasteiger partial charge in [-0.05, 0) is 45.3 Å². The fraction of sp³-hybridized carbons (Fsp3) is 1.00. The molecule has 3 rings (SSSR count). The van der Waals surface area contributed by atoms with Gasteiger partial charge < -0.3 is 4.90 Å². The number of likely N-dealkylation sites (N-methyl/N-ethyl adjacent to an activating group) is 1. The van der Waals surface area contributed by atoms with Crippen LogP contribution in [0.25, 0.3) is 0 Å². The molecule has 3 aliphatic rings. The molecule has 82 valence electrons. The minimum absolute atomic E-state index is 0.853. The molecule has 3 saturated heterocycles. The van der Waals surface area contributed by atoms with Crippen LogP contribution in [0, 0.1) is 11.8 Å². The van der Waals surface area contributed by atoms with Crippen molar-refractivity contribution in [1.29, 1.82) is 0 Å². The Hall–Kier alpha value is -0.0800. The fourth-order valence-electron chi connectivity index (χ4n) is 3.32. The highest BCUT2D eigenvalue weighted by Gasteiger charge is 2.38. The van der Waals surface area contributed by atoms with Crippen LogP contribution in [0.15, 0.2) is 0 Å². The van der Waals surface area contributed by atoms with E-state index in [1.54, 1.807) is 0 Å². The molecule has 0 radical (unpaired) electrons. The maximum absolute atomic E-state index is 2.73. The van der Waals surface area contributed by atoms with Gasteiger partial charge in [-0.2, -0.15) is 0 Å². The zero-order valence-corrected chi connectivity index (χ0v) is 9.87. The number of nitrogens with zero attached hydrogens (tertiary/aromatic N) is 2. The second-order valence-electron chi connectivity index (χ2n) is 5.36. The Kier molecular flexibility index (Phi) is 3.13. The number of hydrogen-bond donors (Lipinski definition) is 0. The molecule has 3 fully saturated rings. The van der Waals surface area contributed by atoms with Crippen molar-refractivity contribution in [1.82, 2.24) is 9.80 Å². The lowest BCUT2D eigenvalue weighted by atomic mass is 9.74. The minimum Gasteiger partial charge on any atom is -0.308 e. The van der Waals surface area contributed by atoms with E-state index in [1.807, 2.05) is 0 Å². The molecule has 3 aliphatic heterocycles. The summed E-state index contributed by atoms with van der Waals surface area (Å²) in [6, 6.07) is 0.853. The molecule has 0 spiro atoms. The van der Waals surface area contributed by atoms with E-state index in [4.69, 9.17) is 0 Å². The van der Waals surface area contributed by atoms with E-state index < -0.39 is 0 Å². The molecule has 2 bridgehead atoms. The quantitative estimate of drug-likeness (QED) is 0.677. The van der Waals surface area contributed by atoms with Crippen molar-refractivity contribution >= 4 is 0 Å². The van der Waals surface area contributed by atoms with Crippen molar-refractivity contribution in [2.75, 3.05) is 33.7 Å². The van der Waals surface area contributed by atoms with Gasteiger partial charge in [-0.3, -0.25) is 4.90 Å². The first-order valence-electron chi connectivity index (χ1n) is 6.09. The first-order valence-corrected chi connectivity index (χ1v) is 6.09. The van der Waals surface area contributed by atoms with Crippen molar-refractivity contribution in [2.24, 2.45) is 11.8 Å². The Balaban J connectivity index is 1.94. The first kappa shape index (κ1) is 10.4. The lowest BCUT2D eigenvalue weighted by molar-refractivity contribution is -0.00898. The van der Waals surface area contributed by atoms with Gasteiger partial charge in [-0.15, -0.1) is 0 Å². The van der Waals surface area contributed by atoms with Gasteiger partial charge in [0.1, 0.15) is 0 Å².